The monoisotopic (exact) mass is 269 g/mol. The summed E-state index contributed by atoms with van der Waals surface area (Å²) < 4.78 is 31.8. The van der Waals surface area contributed by atoms with Crippen LogP contribution in [0.5, 0.6) is 0 Å². The molecular formula is C13H19NO3S. The summed E-state index contributed by atoms with van der Waals surface area (Å²) >= 11 is 0. The number of benzene rings is 1. The van der Waals surface area contributed by atoms with Crippen molar-refractivity contribution < 1.29 is 13.2 Å². The smallest absolute Gasteiger partial charge is 0.243 e. The number of aryl methyl sites for hydroxylation is 2. The van der Waals surface area contributed by atoms with Crippen molar-refractivity contribution in [2.24, 2.45) is 0 Å². The molecule has 0 unspecified atom stereocenters. The maximum atomic E-state index is 12.5. The molecule has 1 fully saturated rings. The molecule has 0 aromatic heterocycles. The van der Waals surface area contributed by atoms with Crippen LogP contribution in [-0.4, -0.2) is 38.5 Å². The Kier molecular flexibility index (Phi) is 3.75. The number of ether oxygens (including phenoxy) is 1. The Hall–Kier alpha value is -0.910. The van der Waals surface area contributed by atoms with Gasteiger partial charge in [-0.2, -0.15) is 4.31 Å². The summed E-state index contributed by atoms with van der Waals surface area (Å²) in [5, 5.41) is 0. The Balaban J connectivity index is 2.32. The predicted octanol–water partition coefficient (Wildman–Crippen LogP) is 1.71. The minimum absolute atomic E-state index is 0.0416. The van der Waals surface area contributed by atoms with Crippen LogP contribution in [0, 0.1) is 13.8 Å². The fourth-order valence-corrected chi connectivity index (χ4v) is 3.61. The highest BCUT2D eigenvalue weighted by molar-refractivity contribution is 7.89. The number of nitrogens with zero attached hydrogens (tertiary/aromatic N) is 1. The summed E-state index contributed by atoms with van der Waals surface area (Å²) in [6, 6.07) is 5.27. The molecule has 1 saturated heterocycles. The van der Waals surface area contributed by atoms with Crippen LogP contribution in [-0.2, 0) is 14.8 Å². The molecule has 18 heavy (non-hydrogen) atoms. The third-order valence-electron chi connectivity index (χ3n) is 3.32. The van der Waals surface area contributed by atoms with Gasteiger partial charge in [0.2, 0.25) is 10.0 Å². The zero-order valence-corrected chi connectivity index (χ0v) is 11.8. The third kappa shape index (κ3) is 2.58. The van der Waals surface area contributed by atoms with Crippen LogP contribution in [0.15, 0.2) is 23.1 Å². The molecule has 100 valence electrons. The summed E-state index contributed by atoms with van der Waals surface area (Å²) in [6.45, 7) is 7.11. The molecule has 0 N–H and O–H groups in total. The summed E-state index contributed by atoms with van der Waals surface area (Å²) in [5.41, 5.74) is 2.10. The van der Waals surface area contributed by atoms with E-state index in [1.165, 1.54) is 4.31 Å². The van der Waals surface area contributed by atoms with Gasteiger partial charge >= 0.3 is 0 Å². The second-order valence-corrected chi connectivity index (χ2v) is 6.73. The Morgan fingerprint density at radius 3 is 2.61 bits per heavy atom. The standard InChI is InChI=1S/C13H19NO3S/c1-10-4-5-13(8-11(10)2)18(15,16)14-6-7-17-12(3)9-14/h4-5,8,12H,6-7,9H2,1-3H3/t12-/m0/s1. The van der Waals surface area contributed by atoms with Gasteiger partial charge in [0.1, 0.15) is 0 Å². The number of hydrogen-bond acceptors (Lipinski definition) is 3. The highest BCUT2D eigenvalue weighted by Gasteiger charge is 2.29. The molecule has 1 aliphatic rings. The molecule has 0 bridgehead atoms. The van der Waals surface area contributed by atoms with Crippen LogP contribution >= 0.6 is 0 Å². The number of rotatable bonds is 2. The lowest BCUT2D eigenvalue weighted by molar-refractivity contribution is 0.0102. The Morgan fingerprint density at radius 1 is 1.28 bits per heavy atom. The van der Waals surface area contributed by atoms with Gasteiger partial charge < -0.3 is 4.74 Å². The van der Waals surface area contributed by atoms with Gasteiger partial charge in [-0.25, -0.2) is 8.42 Å². The van der Waals surface area contributed by atoms with Crippen molar-refractivity contribution in [2.45, 2.75) is 31.8 Å². The van der Waals surface area contributed by atoms with E-state index in [9.17, 15) is 8.42 Å². The highest BCUT2D eigenvalue weighted by atomic mass is 32.2. The highest BCUT2D eigenvalue weighted by Crippen LogP contribution is 2.21. The fraction of sp³-hybridized carbons (Fsp3) is 0.538. The van der Waals surface area contributed by atoms with E-state index in [0.717, 1.165) is 11.1 Å². The molecule has 0 aliphatic carbocycles. The molecule has 1 heterocycles. The molecule has 1 aromatic rings. The first-order valence-corrected chi connectivity index (χ1v) is 7.54. The molecular weight excluding hydrogens is 250 g/mol. The molecule has 5 heteroatoms. The second kappa shape index (κ2) is 4.99. The molecule has 0 saturated carbocycles. The van der Waals surface area contributed by atoms with E-state index < -0.39 is 10.0 Å². The zero-order valence-electron chi connectivity index (χ0n) is 11.0. The Bertz CT molecular complexity index is 539. The van der Waals surface area contributed by atoms with Crippen LogP contribution in [0.25, 0.3) is 0 Å². The molecule has 1 aliphatic heterocycles. The third-order valence-corrected chi connectivity index (χ3v) is 5.18. The lowest BCUT2D eigenvalue weighted by atomic mass is 10.1. The minimum Gasteiger partial charge on any atom is -0.376 e. The lowest BCUT2D eigenvalue weighted by Crippen LogP contribution is -2.44. The maximum absolute atomic E-state index is 12.5. The second-order valence-electron chi connectivity index (χ2n) is 4.79. The minimum atomic E-state index is -3.38. The van der Waals surface area contributed by atoms with Gasteiger partial charge in [0, 0.05) is 13.1 Å². The first-order valence-electron chi connectivity index (χ1n) is 6.10. The summed E-state index contributed by atoms with van der Waals surface area (Å²) in [4.78, 5) is 0.375. The largest absolute Gasteiger partial charge is 0.376 e. The molecule has 1 atom stereocenters. The number of morpholine rings is 1. The van der Waals surface area contributed by atoms with Gasteiger partial charge in [0.05, 0.1) is 17.6 Å². The molecule has 1 aromatic carbocycles. The van der Waals surface area contributed by atoms with E-state index in [0.29, 0.717) is 24.6 Å². The molecule has 2 rings (SSSR count). The first-order chi connectivity index (χ1) is 8.41. The van der Waals surface area contributed by atoms with Crippen molar-refractivity contribution in [1.82, 2.24) is 4.31 Å². The summed E-state index contributed by atoms with van der Waals surface area (Å²) in [6.07, 6.45) is -0.0416. The molecule has 0 radical (unpaired) electrons. The van der Waals surface area contributed by atoms with Crippen molar-refractivity contribution >= 4 is 10.0 Å². The van der Waals surface area contributed by atoms with Crippen LogP contribution in [0.4, 0.5) is 0 Å². The molecule has 4 nitrogen and oxygen atoms in total. The van der Waals surface area contributed by atoms with Crippen LogP contribution in [0.1, 0.15) is 18.1 Å². The van der Waals surface area contributed by atoms with Crippen LogP contribution in [0.3, 0.4) is 0 Å². The van der Waals surface area contributed by atoms with Gasteiger partial charge in [-0.05, 0) is 44.0 Å². The average molecular weight is 269 g/mol. The van der Waals surface area contributed by atoms with Crippen molar-refractivity contribution in [3.8, 4) is 0 Å². The first kappa shape index (κ1) is 13.5. The molecule has 0 spiro atoms. The van der Waals surface area contributed by atoms with Gasteiger partial charge in [-0.3, -0.25) is 0 Å². The van der Waals surface area contributed by atoms with E-state index >= 15 is 0 Å². The van der Waals surface area contributed by atoms with E-state index in [1.807, 2.05) is 26.8 Å². The van der Waals surface area contributed by atoms with Crippen molar-refractivity contribution in [3.63, 3.8) is 0 Å². The van der Waals surface area contributed by atoms with Crippen LogP contribution in [0.2, 0.25) is 0 Å². The van der Waals surface area contributed by atoms with Gasteiger partial charge in [0.15, 0.2) is 0 Å². The van der Waals surface area contributed by atoms with Gasteiger partial charge in [-0.15, -0.1) is 0 Å². The fourth-order valence-electron chi connectivity index (χ4n) is 2.03. The Labute approximate surface area is 109 Å². The van der Waals surface area contributed by atoms with Gasteiger partial charge in [-0.1, -0.05) is 6.07 Å². The average Bonchev–Trinajstić information content (AvgIpc) is 2.32. The maximum Gasteiger partial charge on any atom is 0.243 e. The zero-order chi connectivity index (χ0) is 13.3. The summed E-state index contributed by atoms with van der Waals surface area (Å²) in [5.74, 6) is 0. The number of sulfonamides is 1. The van der Waals surface area contributed by atoms with E-state index in [2.05, 4.69) is 0 Å². The van der Waals surface area contributed by atoms with Crippen molar-refractivity contribution in [3.05, 3.63) is 29.3 Å². The van der Waals surface area contributed by atoms with Gasteiger partial charge in [0.25, 0.3) is 0 Å². The lowest BCUT2D eigenvalue weighted by Gasteiger charge is -2.30. The number of hydrogen-bond donors (Lipinski definition) is 0. The van der Waals surface area contributed by atoms with E-state index in [1.54, 1.807) is 12.1 Å². The quantitative estimate of drug-likeness (QED) is 0.821. The van der Waals surface area contributed by atoms with E-state index in [-0.39, 0.29) is 6.10 Å². The Morgan fingerprint density at radius 2 is 2.00 bits per heavy atom. The normalized spacial score (nSPS) is 22.1. The molecule has 0 amide bonds. The van der Waals surface area contributed by atoms with E-state index in [4.69, 9.17) is 4.74 Å². The van der Waals surface area contributed by atoms with Crippen molar-refractivity contribution in [2.75, 3.05) is 19.7 Å². The van der Waals surface area contributed by atoms with Crippen molar-refractivity contribution in [1.29, 1.82) is 0 Å². The topological polar surface area (TPSA) is 46.6 Å². The predicted molar refractivity (Wildman–Crippen MR) is 70.1 cm³/mol. The van der Waals surface area contributed by atoms with Crippen LogP contribution < -0.4 is 0 Å². The summed E-state index contributed by atoms with van der Waals surface area (Å²) in [7, 11) is -3.38. The SMILES string of the molecule is Cc1ccc(S(=O)(=O)N2CCO[C@@H](C)C2)cc1C.